The van der Waals surface area contributed by atoms with Gasteiger partial charge in [0.1, 0.15) is 0 Å². The fourth-order valence-corrected chi connectivity index (χ4v) is 2.27. The highest BCUT2D eigenvalue weighted by atomic mass is 79.9. The summed E-state index contributed by atoms with van der Waals surface area (Å²) in [6, 6.07) is 4.19. The van der Waals surface area contributed by atoms with Crippen molar-refractivity contribution in [2.45, 2.75) is 25.3 Å². The number of nitrogens with two attached hydrogens (primary N) is 1. The molecule has 2 unspecified atom stereocenters. The lowest BCUT2D eigenvalue weighted by atomic mass is 9.91. The standard InChI is InChI=1S/C12H17BrN2O/c13-10-3-4-11(15-7-10)6-12(14)9-2-1-5-16-8-9/h3-4,7,9,12H,1-2,5-6,8,14H2. The normalized spacial score (nSPS) is 23.0. The van der Waals surface area contributed by atoms with Crippen LogP contribution in [0.2, 0.25) is 0 Å². The zero-order valence-electron chi connectivity index (χ0n) is 9.23. The molecule has 1 aliphatic heterocycles. The fraction of sp³-hybridized carbons (Fsp3) is 0.583. The Morgan fingerprint density at radius 2 is 2.44 bits per heavy atom. The lowest BCUT2D eigenvalue weighted by Crippen LogP contribution is -2.37. The molecule has 0 saturated carbocycles. The Bertz CT molecular complexity index is 322. The molecule has 1 fully saturated rings. The van der Waals surface area contributed by atoms with Gasteiger partial charge in [-0.15, -0.1) is 0 Å². The van der Waals surface area contributed by atoms with Crippen LogP contribution in [0.3, 0.4) is 0 Å². The molecule has 1 saturated heterocycles. The van der Waals surface area contributed by atoms with Gasteiger partial charge in [-0.2, -0.15) is 0 Å². The smallest absolute Gasteiger partial charge is 0.0509 e. The first kappa shape index (κ1) is 12.0. The number of hydrogen-bond donors (Lipinski definition) is 1. The van der Waals surface area contributed by atoms with E-state index in [0.717, 1.165) is 36.2 Å². The molecule has 16 heavy (non-hydrogen) atoms. The molecule has 2 heterocycles. The Balaban J connectivity index is 1.90. The molecule has 3 nitrogen and oxygen atoms in total. The summed E-state index contributed by atoms with van der Waals surface area (Å²) >= 11 is 3.37. The monoisotopic (exact) mass is 284 g/mol. The van der Waals surface area contributed by atoms with Crippen molar-refractivity contribution in [2.24, 2.45) is 11.7 Å². The summed E-state index contributed by atoms with van der Waals surface area (Å²) in [6.07, 6.45) is 4.96. The second kappa shape index (κ2) is 5.75. The van der Waals surface area contributed by atoms with Gasteiger partial charge in [-0.3, -0.25) is 4.98 Å². The molecule has 0 radical (unpaired) electrons. The lowest BCUT2D eigenvalue weighted by molar-refractivity contribution is 0.0449. The summed E-state index contributed by atoms with van der Waals surface area (Å²) in [5.74, 6) is 0.485. The first-order valence-corrected chi connectivity index (χ1v) is 6.49. The first-order valence-electron chi connectivity index (χ1n) is 5.69. The fourth-order valence-electron chi connectivity index (χ4n) is 2.04. The molecule has 4 heteroatoms. The minimum Gasteiger partial charge on any atom is -0.381 e. The van der Waals surface area contributed by atoms with Gasteiger partial charge in [0.15, 0.2) is 0 Å². The second-order valence-electron chi connectivity index (χ2n) is 4.31. The van der Waals surface area contributed by atoms with E-state index in [0.29, 0.717) is 5.92 Å². The van der Waals surface area contributed by atoms with Gasteiger partial charge >= 0.3 is 0 Å². The third-order valence-electron chi connectivity index (χ3n) is 3.03. The third-order valence-corrected chi connectivity index (χ3v) is 3.50. The van der Waals surface area contributed by atoms with Crippen molar-refractivity contribution < 1.29 is 4.74 Å². The minimum absolute atomic E-state index is 0.161. The highest BCUT2D eigenvalue weighted by Crippen LogP contribution is 2.18. The van der Waals surface area contributed by atoms with Crippen molar-refractivity contribution in [1.29, 1.82) is 0 Å². The summed E-state index contributed by atoms with van der Waals surface area (Å²) in [5.41, 5.74) is 7.24. The molecule has 0 amide bonds. The van der Waals surface area contributed by atoms with Crippen LogP contribution in [-0.4, -0.2) is 24.2 Å². The first-order chi connectivity index (χ1) is 7.75. The van der Waals surface area contributed by atoms with Gasteiger partial charge in [-0.05, 0) is 46.8 Å². The van der Waals surface area contributed by atoms with E-state index in [4.69, 9.17) is 10.5 Å². The molecule has 2 N–H and O–H groups in total. The van der Waals surface area contributed by atoms with Crippen molar-refractivity contribution >= 4 is 15.9 Å². The number of hydrogen-bond acceptors (Lipinski definition) is 3. The number of aromatic nitrogens is 1. The molecule has 1 aromatic rings. The SMILES string of the molecule is NC(Cc1ccc(Br)cn1)C1CCCOC1. The van der Waals surface area contributed by atoms with Gasteiger partial charge in [0.25, 0.3) is 0 Å². The molecular formula is C12H17BrN2O. The maximum absolute atomic E-state index is 6.19. The van der Waals surface area contributed by atoms with Crippen molar-refractivity contribution in [3.8, 4) is 0 Å². The summed E-state index contributed by atoms with van der Waals surface area (Å²) in [5, 5.41) is 0. The van der Waals surface area contributed by atoms with Crippen molar-refractivity contribution in [3.05, 3.63) is 28.5 Å². The number of pyridine rings is 1. The van der Waals surface area contributed by atoms with E-state index < -0.39 is 0 Å². The molecular weight excluding hydrogens is 268 g/mol. The number of nitrogens with zero attached hydrogens (tertiary/aromatic N) is 1. The van der Waals surface area contributed by atoms with Crippen LogP contribution in [0.1, 0.15) is 18.5 Å². The minimum atomic E-state index is 0.161. The van der Waals surface area contributed by atoms with Crippen LogP contribution in [0.4, 0.5) is 0 Å². The lowest BCUT2D eigenvalue weighted by Gasteiger charge is -2.27. The zero-order valence-corrected chi connectivity index (χ0v) is 10.8. The van der Waals surface area contributed by atoms with Crippen LogP contribution in [-0.2, 0) is 11.2 Å². The van der Waals surface area contributed by atoms with Gasteiger partial charge in [-0.25, -0.2) is 0 Å². The maximum Gasteiger partial charge on any atom is 0.0509 e. The van der Waals surface area contributed by atoms with E-state index >= 15 is 0 Å². The molecule has 1 aromatic heterocycles. The molecule has 0 aromatic carbocycles. The largest absolute Gasteiger partial charge is 0.381 e. The van der Waals surface area contributed by atoms with Gasteiger partial charge in [0, 0.05) is 35.4 Å². The maximum atomic E-state index is 6.19. The van der Waals surface area contributed by atoms with Crippen LogP contribution in [0.25, 0.3) is 0 Å². The van der Waals surface area contributed by atoms with Crippen LogP contribution in [0, 0.1) is 5.92 Å². The average Bonchev–Trinajstić information content (AvgIpc) is 2.33. The molecule has 0 spiro atoms. The number of rotatable bonds is 3. The predicted octanol–water partition coefficient (Wildman–Crippen LogP) is 2.14. The average molecular weight is 285 g/mol. The number of halogens is 1. The molecule has 1 aliphatic rings. The Hall–Kier alpha value is -0.450. The van der Waals surface area contributed by atoms with Crippen molar-refractivity contribution in [2.75, 3.05) is 13.2 Å². The Morgan fingerprint density at radius 1 is 1.56 bits per heavy atom. The summed E-state index contributed by atoms with van der Waals surface area (Å²) < 4.78 is 6.46. The van der Waals surface area contributed by atoms with Gasteiger partial charge in [-0.1, -0.05) is 0 Å². The second-order valence-corrected chi connectivity index (χ2v) is 5.23. The molecule has 0 bridgehead atoms. The molecule has 2 rings (SSSR count). The predicted molar refractivity (Wildman–Crippen MR) is 67.2 cm³/mol. The van der Waals surface area contributed by atoms with Crippen LogP contribution < -0.4 is 5.73 Å². The van der Waals surface area contributed by atoms with E-state index in [9.17, 15) is 0 Å². The van der Waals surface area contributed by atoms with E-state index in [2.05, 4.69) is 20.9 Å². The van der Waals surface area contributed by atoms with Gasteiger partial charge in [0.2, 0.25) is 0 Å². The Kier molecular flexibility index (Phi) is 4.32. The highest BCUT2D eigenvalue weighted by molar-refractivity contribution is 9.10. The summed E-state index contributed by atoms with van der Waals surface area (Å²) in [4.78, 5) is 4.35. The van der Waals surface area contributed by atoms with Crippen LogP contribution in [0.5, 0.6) is 0 Å². The van der Waals surface area contributed by atoms with Gasteiger partial charge < -0.3 is 10.5 Å². The Labute approximate surface area is 105 Å². The van der Waals surface area contributed by atoms with Crippen LogP contribution in [0.15, 0.2) is 22.8 Å². The van der Waals surface area contributed by atoms with E-state index in [1.807, 2.05) is 18.3 Å². The molecule has 88 valence electrons. The molecule has 2 atom stereocenters. The molecule has 0 aliphatic carbocycles. The quantitative estimate of drug-likeness (QED) is 0.925. The Morgan fingerprint density at radius 3 is 3.06 bits per heavy atom. The summed E-state index contributed by atoms with van der Waals surface area (Å²) in [6.45, 7) is 1.69. The third kappa shape index (κ3) is 3.27. The highest BCUT2D eigenvalue weighted by Gasteiger charge is 2.21. The van der Waals surface area contributed by atoms with Gasteiger partial charge in [0.05, 0.1) is 6.61 Å². The van der Waals surface area contributed by atoms with E-state index in [-0.39, 0.29) is 6.04 Å². The summed E-state index contributed by atoms with van der Waals surface area (Å²) in [7, 11) is 0. The zero-order chi connectivity index (χ0) is 11.4. The van der Waals surface area contributed by atoms with Crippen molar-refractivity contribution in [1.82, 2.24) is 4.98 Å². The number of ether oxygens (including phenoxy) is 1. The van der Waals surface area contributed by atoms with E-state index in [1.165, 1.54) is 6.42 Å². The van der Waals surface area contributed by atoms with E-state index in [1.54, 1.807) is 0 Å². The topological polar surface area (TPSA) is 48.1 Å². The van der Waals surface area contributed by atoms with Crippen molar-refractivity contribution in [3.63, 3.8) is 0 Å². The van der Waals surface area contributed by atoms with Crippen LogP contribution >= 0.6 is 15.9 Å².